The third-order valence-corrected chi connectivity index (χ3v) is 9.04. The van der Waals surface area contributed by atoms with E-state index in [4.69, 9.17) is 28.2 Å². The number of aryl methyl sites for hydroxylation is 1. The molecule has 0 spiro atoms. The molecule has 40 heavy (non-hydrogen) atoms. The van der Waals surface area contributed by atoms with Gasteiger partial charge < -0.3 is 15.2 Å². The van der Waals surface area contributed by atoms with Gasteiger partial charge in [0.05, 0.1) is 21.7 Å². The van der Waals surface area contributed by atoms with Gasteiger partial charge in [0.25, 0.3) is 5.91 Å². The molecular weight excluding hydrogens is 611 g/mol. The summed E-state index contributed by atoms with van der Waals surface area (Å²) in [7, 11) is 1.93. The third kappa shape index (κ3) is 6.22. The minimum absolute atomic E-state index is 0.124. The number of aromatic nitrogens is 2. The van der Waals surface area contributed by atoms with Crippen LogP contribution in [0.25, 0.3) is 11.0 Å². The van der Waals surface area contributed by atoms with E-state index in [0.29, 0.717) is 34.3 Å². The van der Waals surface area contributed by atoms with Gasteiger partial charge in [-0.25, -0.2) is 4.98 Å². The largest absolute Gasteiger partial charge is 0.352 e. The predicted octanol–water partition coefficient (Wildman–Crippen LogP) is 8.07. The number of carbonyl (C=O) groups excluding carboxylic acids is 2. The van der Waals surface area contributed by atoms with Crippen molar-refractivity contribution < 1.29 is 9.59 Å². The topological polar surface area (TPSA) is 76.0 Å². The summed E-state index contributed by atoms with van der Waals surface area (Å²) in [6, 6.07) is 16.6. The summed E-state index contributed by atoms with van der Waals surface area (Å²) in [5, 5.41) is 7.10. The molecule has 0 saturated heterocycles. The van der Waals surface area contributed by atoms with Crippen molar-refractivity contribution >= 4 is 67.7 Å². The van der Waals surface area contributed by atoms with Gasteiger partial charge in [0, 0.05) is 40.5 Å². The molecule has 9 heteroatoms. The van der Waals surface area contributed by atoms with E-state index < -0.39 is 0 Å². The first-order valence-corrected chi connectivity index (χ1v) is 15.0. The Bertz CT molecular complexity index is 1580. The molecule has 2 amide bonds. The van der Waals surface area contributed by atoms with Crippen LogP contribution < -0.4 is 10.6 Å². The first-order chi connectivity index (χ1) is 19.1. The first-order valence-electron chi connectivity index (χ1n) is 13.4. The number of rotatable bonds is 7. The van der Waals surface area contributed by atoms with Gasteiger partial charge in [-0.05, 0) is 66.4 Å². The molecule has 0 unspecified atom stereocenters. The van der Waals surface area contributed by atoms with Crippen LogP contribution in [0.15, 0.2) is 59.1 Å². The van der Waals surface area contributed by atoms with Crippen molar-refractivity contribution in [3.05, 3.63) is 91.6 Å². The molecule has 0 aliphatic heterocycles. The Kier molecular flexibility index (Phi) is 8.55. The Morgan fingerprint density at radius 3 is 2.45 bits per heavy atom. The van der Waals surface area contributed by atoms with E-state index in [1.165, 1.54) is 6.42 Å². The molecule has 0 radical (unpaired) electrons. The molecule has 0 atom stereocenters. The van der Waals surface area contributed by atoms with E-state index >= 15 is 0 Å². The number of hydrogen-bond acceptors (Lipinski definition) is 3. The fourth-order valence-corrected chi connectivity index (χ4v) is 5.96. The fraction of sp³-hybridized carbons (Fsp3) is 0.323. The van der Waals surface area contributed by atoms with E-state index in [2.05, 4.69) is 33.5 Å². The van der Waals surface area contributed by atoms with Crippen molar-refractivity contribution in [2.45, 2.75) is 52.0 Å². The minimum atomic E-state index is -0.279. The third-order valence-electron chi connectivity index (χ3n) is 7.83. The standard InChI is InChI=1S/C31H31BrCl2N4O2/c1-31(12-4-3-5-13-31)30(40)35-18-19-6-11-23(33)21(14-19)15-28-36-26-16-24(34)25(17-27(26)38(28)2)37-29(39)20-7-9-22(32)10-8-20/h6-11,14,16-17H,3-5,12-13,15,18H2,1-2H3,(H,35,40)(H,37,39). The van der Waals surface area contributed by atoms with Crippen molar-refractivity contribution in [3.8, 4) is 0 Å². The Morgan fingerprint density at radius 1 is 1.00 bits per heavy atom. The van der Waals surface area contributed by atoms with Gasteiger partial charge in [0.15, 0.2) is 0 Å². The van der Waals surface area contributed by atoms with Crippen LogP contribution in [0.5, 0.6) is 0 Å². The monoisotopic (exact) mass is 640 g/mol. The summed E-state index contributed by atoms with van der Waals surface area (Å²) in [5.74, 6) is 0.684. The molecule has 3 aromatic carbocycles. The quantitative estimate of drug-likeness (QED) is 0.214. The maximum absolute atomic E-state index is 12.9. The zero-order chi connectivity index (χ0) is 28.4. The van der Waals surface area contributed by atoms with Crippen molar-refractivity contribution in [1.82, 2.24) is 14.9 Å². The lowest BCUT2D eigenvalue weighted by Crippen LogP contribution is -2.39. The number of nitrogens with one attached hydrogen (secondary N) is 2. The minimum Gasteiger partial charge on any atom is -0.352 e. The molecule has 1 heterocycles. The Balaban J connectivity index is 1.32. The van der Waals surface area contributed by atoms with Gasteiger partial charge in [-0.2, -0.15) is 0 Å². The van der Waals surface area contributed by atoms with Gasteiger partial charge in [0.2, 0.25) is 5.91 Å². The number of imidazole rings is 1. The lowest BCUT2D eigenvalue weighted by atomic mass is 9.75. The van der Waals surface area contributed by atoms with E-state index in [-0.39, 0.29) is 17.2 Å². The highest BCUT2D eigenvalue weighted by molar-refractivity contribution is 9.10. The van der Waals surface area contributed by atoms with Crippen LogP contribution in [0.4, 0.5) is 5.69 Å². The lowest BCUT2D eigenvalue weighted by molar-refractivity contribution is -0.132. The highest BCUT2D eigenvalue weighted by Gasteiger charge is 2.34. The molecule has 6 nitrogen and oxygen atoms in total. The molecule has 5 rings (SSSR count). The highest BCUT2D eigenvalue weighted by Crippen LogP contribution is 2.36. The maximum atomic E-state index is 12.9. The second kappa shape index (κ2) is 11.9. The molecule has 2 N–H and O–H groups in total. The molecular formula is C31H31BrCl2N4O2. The van der Waals surface area contributed by atoms with E-state index in [1.807, 2.05) is 48.0 Å². The average Bonchev–Trinajstić information content (AvgIpc) is 3.23. The van der Waals surface area contributed by atoms with E-state index in [9.17, 15) is 9.59 Å². The summed E-state index contributed by atoms with van der Waals surface area (Å²) >= 11 is 16.5. The van der Waals surface area contributed by atoms with Gasteiger partial charge >= 0.3 is 0 Å². The number of amides is 2. The van der Waals surface area contributed by atoms with Crippen molar-refractivity contribution in [3.63, 3.8) is 0 Å². The Labute approximate surface area is 252 Å². The number of hydrogen-bond donors (Lipinski definition) is 2. The normalized spacial score (nSPS) is 14.7. The summed E-state index contributed by atoms with van der Waals surface area (Å²) in [5.41, 5.74) is 4.24. The zero-order valence-corrected chi connectivity index (χ0v) is 25.6. The highest BCUT2D eigenvalue weighted by atomic mass is 79.9. The molecule has 208 valence electrons. The van der Waals surface area contributed by atoms with Crippen molar-refractivity contribution in [2.75, 3.05) is 5.32 Å². The summed E-state index contributed by atoms with van der Waals surface area (Å²) in [6.45, 7) is 2.53. The van der Waals surface area contributed by atoms with Crippen LogP contribution in [-0.4, -0.2) is 21.4 Å². The lowest BCUT2D eigenvalue weighted by Gasteiger charge is -2.32. The van der Waals surface area contributed by atoms with Gasteiger partial charge in [-0.1, -0.05) is 77.5 Å². The van der Waals surface area contributed by atoms with Crippen molar-refractivity contribution in [1.29, 1.82) is 0 Å². The smallest absolute Gasteiger partial charge is 0.255 e. The second-order valence-electron chi connectivity index (χ2n) is 10.8. The molecule has 1 aliphatic carbocycles. The SMILES string of the molecule is Cn1c(Cc2cc(CNC(=O)C3(C)CCCCC3)ccc2Cl)nc2cc(Cl)c(NC(=O)c3ccc(Br)cc3)cc21. The maximum Gasteiger partial charge on any atom is 0.255 e. The zero-order valence-electron chi connectivity index (χ0n) is 22.5. The van der Waals surface area contributed by atoms with Gasteiger partial charge in [0.1, 0.15) is 5.82 Å². The number of carbonyl (C=O) groups is 2. The van der Waals surface area contributed by atoms with Crippen LogP contribution in [0.2, 0.25) is 10.0 Å². The summed E-state index contributed by atoms with van der Waals surface area (Å²) in [4.78, 5) is 30.5. The van der Waals surface area contributed by atoms with Crippen LogP contribution in [0, 0.1) is 5.41 Å². The molecule has 1 fully saturated rings. The van der Waals surface area contributed by atoms with Crippen LogP contribution in [0.1, 0.15) is 66.3 Å². The molecule has 1 saturated carbocycles. The van der Waals surface area contributed by atoms with Crippen LogP contribution >= 0.6 is 39.1 Å². The predicted molar refractivity (Wildman–Crippen MR) is 165 cm³/mol. The Hall–Kier alpha value is -2.87. The molecule has 0 bridgehead atoms. The summed E-state index contributed by atoms with van der Waals surface area (Å²) < 4.78 is 2.88. The first kappa shape index (κ1) is 28.7. The second-order valence-corrected chi connectivity index (χ2v) is 12.5. The van der Waals surface area contributed by atoms with E-state index in [0.717, 1.165) is 58.1 Å². The molecule has 1 aromatic heterocycles. The number of anilines is 1. The number of fused-ring (bicyclic) bond motifs is 1. The van der Waals surface area contributed by atoms with Gasteiger partial charge in [-0.3, -0.25) is 9.59 Å². The van der Waals surface area contributed by atoms with Crippen LogP contribution in [-0.2, 0) is 24.8 Å². The average molecular weight is 642 g/mol. The Morgan fingerprint density at radius 2 is 1.73 bits per heavy atom. The number of benzene rings is 3. The number of nitrogens with zero attached hydrogens (tertiary/aromatic N) is 2. The van der Waals surface area contributed by atoms with Crippen LogP contribution in [0.3, 0.4) is 0 Å². The van der Waals surface area contributed by atoms with Crippen molar-refractivity contribution in [2.24, 2.45) is 12.5 Å². The molecule has 1 aliphatic rings. The summed E-state index contributed by atoms with van der Waals surface area (Å²) in [6.07, 6.45) is 5.81. The molecule has 4 aromatic rings. The van der Waals surface area contributed by atoms with Gasteiger partial charge in [-0.15, -0.1) is 0 Å². The number of halogens is 3. The fourth-order valence-electron chi connectivity index (χ4n) is 5.31. The van der Waals surface area contributed by atoms with E-state index in [1.54, 1.807) is 18.2 Å².